The van der Waals surface area contributed by atoms with E-state index in [1.54, 1.807) is 0 Å². The lowest BCUT2D eigenvalue weighted by molar-refractivity contribution is 0.207. The lowest BCUT2D eigenvalue weighted by Gasteiger charge is -2.38. The number of benzene rings is 2. The zero-order valence-electron chi connectivity index (χ0n) is 12.8. The highest BCUT2D eigenvalue weighted by atomic mass is 35.5. The van der Waals surface area contributed by atoms with Crippen LogP contribution in [0.3, 0.4) is 0 Å². The lowest BCUT2D eigenvalue weighted by Crippen LogP contribution is -2.25. The summed E-state index contributed by atoms with van der Waals surface area (Å²) in [5.41, 5.74) is 4.66. The second-order valence-electron chi connectivity index (χ2n) is 7.23. The Kier molecular flexibility index (Phi) is 3.26. The van der Waals surface area contributed by atoms with E-state index in [0.29, 0.717) is 0 Å². The summed E-state index contributed by atoms with van der Waals surface area (Å²) < 4.78 is 0. The van der Waals surface area contributed by atoms with Crippen molar-refractivity contribution in [1.29, 1.82) is 0 Å². The summed E-state index contributed by atoms with van der Waals surface area (Å²) in [4.78, 5) is 0. The first-order valence-electron chi connectivity index (χ1n) is 8.36. The van der Waals surface area contributed by atoms with Crippen molar-refractivity contribution in [3.8, 4) is 0 Å². The highest BCUT2D eigenvalue weighted by Gasteiger charge is 2.36. The Balaban J connectivity index is 1.84. The minimum absolute atomic E-state index is 0.141. The summed E-state index contributed by atoms with van der Waals surface area (Å²) in [6, 6.07) is 11.4. The van der Waals surface area contributed by atoms with Gasteiger partial charge in [-0.3, -0.25) is 0 Å². The van der Waals surface area contributed by atoms with Gasteiger partial charge in [0.05, 0.1) is 5.38 Å². The molecule has 0 aromatic heterocycles. The Bertz CT molecular complexity index is 669. The molecule has 1 saturated carbocycles. The van der Waals surface area contributed by atoms with Gasteiger partial charge in [-0.1, -0.05) is 56.5 Å². The third-order valence-electron chi connectivity index (χ3n) is 5.79. The first-order chi connectivity index (χ1) is 10.2. The summed E-state index contributed by atoms with van der Waals surface area (Å²) >= 11 is 7.03. The third kappa shape index (κ3) is 2.11. The van der Waals surface area contributed by atoms with Gasteiger partial charge in [-0.15, -0.1) is 11.6 Å². The van der Waals surface area contributed by atoms with E-state index < -0.39 is 0 Å². The molecule has 0 N–H and O–H groups in total. The lowest BCUT2D eigenvalue weighted by atomic mass is 9.71. The molecular weight excluding hydrogens is 276 g/mol. The van der Waals surface area contributed by atoms with E-state index in [0.717, 1.165) is 0 Å². The minimum Gasteiger partial charge on any atom is -0.117 e. The van der Waals surface area contributed by atoms with E-state index >= 15 is 0 Å². The van der Waals surface area contributed by atoms with E-state index in [2.05, 4.69) is 37.3 Å². The number of alkyl halides is 1. The van der Waals surface area contributed by atoms with E-state index in [4.69, 9.17) is 11.6 Å². The molecule has 1 unspecified atom stereocenters. The molecule has 0 radical (unpaired) electrons. The molecule has 1 fully saturated rings. The summed E-state index contributed by atoms with van der Waals surface area (Å²) in [7, 11) is 0. The summed E-state index contributed by atoms with van der Waals surface area (Å²) in [6.45, 7) is 2.40. The van der Waals surface area contributed by atoms with Gasteiger partial charge in [0.2, 0.25) is 0 Å². The van der Waals surface area contributed by atoms with Crippen LogP contribution in [0.5, 0.6) is 0 Å². The maximum Gasteiger partial charge on any atom is 0.0644 e. The molecule has 1 atom stereocenters. The molecule has 0 saturated heterocycles. The number of hydrogen-bond donors (Lipinski definition) is 0. The predicted molar refractivity (Wildman–Crippen MR) is 91.1 cm³/mol. The van der Waals surface area contributed by atoms with Gasteiger partial charge < -0.3 is 0 Å². The largest absolute Gasteiger partial charge is 0.117 e. The highest BCUT2D eigenvalue weighted by Crippen LogP contribution is 2.51. The molecule has 2 aromatic rings. The molecule has 0 nitrogen and oxygen atoms in total. The zero-order valence-corrected chi connectivity index (χ0v) is 13.5. The van der Waals surface area contributed by atoms with Crippen LogP contribution in [0.25, 0.3) is 10.8 Å². The topological polar surface area (TPSA) is 0 Å². The van der Waals surface area contributed by atoms with Crippen LogP contribution in [0.1, 0.15) is 61.1 Å². The number of hydrogen-bond acceptors (Lipinski definition) is 0. The van der Waals surface area contributed by atoms with E-state index in [1.807, 2.05) is 0 Å². The van der Waals surface area contributed by atoms with Gasteiger partial charge in [-0.05, 0) is 58.6 Å². The Hall–Kier alpha value is -1.01. The Morgan fingerprint density at radius 3 is 2.43 bits per heavy atom. The fourth-order valence-electron chi connectivity index (χ4n) is 4.48. The molecule has 0 heterocycles. The quantitative estimate of drug-likeness (QED) is 0.580. The molecule has 0 spiro atoms. The summed E-state index contributed by atoms with van der Waals surface area (Å²) in [6.07, 6.45) is 8.97. The maximum atomic E-state index is 7.03. The van der Waals surface area contributed by atoms with Crippen LogP contribution in [0.4, 0.5) is 0 Å². The van der Waals surface area contributed by atoms with Gasteiger partial charge in [0.25, 0.3) is 0 Å². The van der Waals surface area contributed by atoms with Gasteiger partial charge in [-0.25, -0.2) is 0 Å². The fourth-order valence-corrected chi connectivity index (χ4v) is 4.89. The second kappa shape index (κ2) is 5.02. The standard InChI is InChI=1S/C20H23Cl/c1-20(12-3-2-4-13-20)19(21)17-11-10-15-9-8-14-6-5-7-16(17)18(14)15/h5-7,10-11,19H,2-4,8-9,12-13H2,1H3. The van der Waals surface area contributed by atoms with E-state index in [-0.39, 0.29) is 10.8 Å². The number of rotatable bonds is 2. The Labute approximate surface area is 132 Å². The van der Waals surface area contributed by atoms with Gasteiger partial charge in [0.15, 0.2) is 0 Å². The molecule has 1 heteroatoms. The fraction of sp³-hybridized carbons (Fsp3) is 0.500. The minimum atomic E-state index is 0.141. The normalized spacial score (nSPS) is 21.6. The molecule has 0 aliphatic heterocycles. The van der Waals surface area contributed by atoms with Crippen molar-refractivity contribution in [3.05, 3.63) is 47.0 Å². The van der Waals surface area contributed by atoms with Crippen LogP contribution in [0, 0.1) is 5.41 Å². The molecule has 2 aromatic carbocycles. The average Bonchev–Trinajstić information content (AvgIpc) is 2.93. The highest BCUT2D eigenvalue weighted by molar-refractivity contribution is 6.22. The van der Waals surface area contributed by atoms with Crippen molar-refractivity contribution in [3.63, 3.8) is 0 Å². The average molecular weight is 299 g/mol. The molecule has 110 valence electrons. The van der Waals surface area contributed by atoms with Crippen molar-refractivity contribution in [2.24, 2.45) is 5.41 Å². The SMILES string of the molecule is CC1(C(Cl)c2ccc3c4c(cccc24)CC3)CCCCC1. The molecule has 0 amide bonds. The molecule has 2 aliphatic carbocycles. The van der Waals surface area contributed by atoms with Crippen molar-refractivity contribution in [2.75, 3.05) is 0 Å². The van der Waals surface area contributed by atoms with E-state index in [1.165, 1.54) is 72.4 Å². The zero-order chi connectivity index (χ0) is 14.4. The van der Waals surface area contributed by atoms with Crippen molar-refractivity contribution >= 4 is 22.4 Å². The van der Waals surface area contributed by atoms with Crippen LogP contribution in [0.15, 0.2) is 30.3 Å². The van der Waals surface area contributed by atoms with Crippen molar-refractivity contribution < 1.29 is 0 Å². The van der Waals surface area contributed by atoms with Gasteiger partial charge in [-0.2, -0.15) is 0 Å². The second-order valence-corrected chi connectivity index (χ2v) is 7.67. The predicted octanol–water partition coefficient (Wildman–Crippen LogP) is 6.19. The number of halogens is 1. The van der Waals surface area contributed by atoms with Gasteiger partial charge in [0, 0.05) is 0 Å². The third-order valence-corrected chi connectivity index (χ3v) is 6.55. The maximum absolute atomic E-state index is 7.03. The van der Waals surface area contributed by atoms with Gasteiger partial charge >= 0.3 is 0 Å². The van der Waals surface area contributed by atoms with Crippen LogP contribution >= 0.6 is 11.6 Å². The molecular formula is C20H23Cl. The molecule has 4 rings (SSSR count). The van der Waals surface area contributed by atoms with E-state index in [9.17, 15) is 0 Å². The molecule has 2 aliphatic rings. The first kappa shape index (κ1) is 13.6. The molecule has 21 heavy (non-hydrogen) atoms. The Morgan fingerprint density at radius 2 is 1.67 bits per heavy atom. The summed E-state index contributed by atoms with van der Waals surface area (Å²) in [5, 5.41) is 3.05. The van der Waals surface area contributed by atoms with Crippen molar-refractivity contribution in [1.82, 2.24) is 0 Å². The van der Waals surface area contributed by atoms with Gasteiger partial charge in [0.1, 0.15) is 0 Å². The van der Waals surface area contributed by atoms with Crippen LogP contribution in [0.2, 0.25) is 0 Å². The number of aryl methyl sites for hydroxylation is 2. The van der Waals surface area contributed by atoms with Crippen LogP contribution in [-0.4, -0.2) is 0 Å². The smallest absolute Gasteiger partial charge is 0.0644 e. The van der Waals surface area contributed by atoms with Crippen LogP contribution in [-0.2, 0) is 12.8 Å². The Morgan fingerprint density at radius 1 is 0.952 bits per heavy atom. The molecule has 0 bridgehead atoms. The summed E-state index contributed by atoms with van der Waals surface area (Å²) in [5.74, 6) is 0. The first-order valence-corrected chi connectivity index (χ1v) is 8.80. The monoisotopic (exact) mass is 298 g/mol. The van der Waals surface area contributed by atoms with Crippen molar-refractivity contribution in [2.45, 2.75) is 57.2 Å². The van der Waals surface area contributed by atoms with Crippen LogP contribution < -0.4 is 0 Å².